The Morgan fingerprint density at radius 3 is 2.26 bits per heavy atom. The van der Waals surface area contributed by atoms with Gasteiger partial charge in [-0.2, -0.15) is 0 Å². The number of amides is 2. The van der Waals surface area contributed by atoms with E-state index in [0.717, 1.165) is 11.1 Å². The molecule has 23 heavy (non-hydrogen) atoms. The Labute approximate surface area is 144 Å². The molecule has 0 fully saturated rings. The highest BCUT2D eigenvalue weighted by Gasteiger charge is 2.12. The number of nitrogens with one attached hydrogen (secondary N) is 2. The van der Waals surface area contributed by atoms with Gasteiger partial charge in [-0.15, -0.1) is 0 Å². The van der Waals surface area contributed by atoms with Crippen molar-refractivity contribution in [1.29, 1.82) is 0 Å². The highest BCUT2D eigenvalue weighted by atomic mass is 35.5. The summed E-state index contributed by atoms with van der Waals surface area (Å²) >= 11 is 11.9. The average Bonchev–Trinajstić information content (AvgIpc) is 2.46. The molecule has 2 aromatic rings. The Morgan fingerprint density at radius 1 is 0.913 bits per heavy atom. The Bertz CT molecular complexity index is 760. The van der Waals surface area contributed by atoms with Crippen LogP contribution in [-0.4, -0.2) is 11.8 Å². The topological polar surface area (TPSA) is 58.2 Å². The van der Waals surface area contributed by atoms with Crippen molar-refractivity contribution in [2.45, 2.75) is 20.3 Å². The fourth-order valence-electron chi connectivity index (χ4n) is 1.94. The standard InChI is InChI=1S/C17H16Cl2N2O2/c1-10-4-6-13(8-14(10)19)20-16(22)9-17(23)21-15-7-12(18)5-3-11(15)2/h3-8H,9H2,1-2H3,(H,20,22)(H,21,23). The van der Waals surface area contributed by atoms with Crippen molar-refractivity contribution in [1.82, 2.24) is 0 Å². The largest absolute Gasteiger partial charge is 0.326 e. The summed E-state index contributed by atoms with van der Waals surface area (Å²) in [6.45, 7) is 3.72. The fourth-order valence-corrected chi connectivity index (χ4v) is 2.30. The molecule has 0 saturated carbocycles. The van der Waals surface area contributed by atoms with Crippen LogP contribution in [-0.2, 0) is 9.59 Å². The molecule has 0 aliphatic rings. The molecular weight excluding hydrogens is 335 g/mol. The maximum Gasteiger partial charge on any atom is 0.233 e. The van der Waals surface area contributed by atoms with Crippen LogP contribution in [0.4, 0.5) is 11.4 Å². The molecule has 2 N–H and O–H groups in total. The molecule has 0 aliphatic heterocycles. The lowest BCUT2D eigenvalue weighted by atomic mass is 10.2. The van der Waals surface area contributed by atoms with Gasteiger partial charge in [-0.1, -0.05) is 35.3 Å². The Kier molecular flexibility index (Phi) is 5.64. The molecule has 0 atom stereocenters. The molecule has 0 unspecified atom stereocenters. The van der Waals surface area contributed by atoms with Crippen molar-refractivity contribution in [2.24, 2.45) is 0 Å². The summed E-state index contributed by atoms with van der Waals surface area (Å²) in [4.78, 5) is 23.9. The summed E-state index contributed by atoms with van der Waals surface area (Å²) in [7, 11) is 0. The molecule has 4 nitrogen and oxygen atoms in total. The second-order valence-electron chi connectivity index (χ2n) is 5.20. The van der Waals surface area contributed by atoms with Crippen LogP contribution in [0.25, 0.3) is 0 Å². The van der Waals surface area contributed by atoms with Crippen LogP contribution in [0.2, 0.25) is 10.0 Å². The Balaban J connectivity index is 1.95. The van der Waals surface area contributed by atoms with Gasteiger partial charge in [-0.25, -0.2) is 0 Å². The number of benzene rings is 2. The van der Waals surface area contributed by atoms with E-state index in [0.29, 0.717) is 21.4 Å². The first-order valence-corrected chi connectivity index (χ1v) is 7.73. The number of halogens is 2. The van der Waals surface area contributed by atoms with E-state index in [-0.39, 0.29) is 6.42 Å². The van der Waals surface area contributed by atoms with E-state index in [1.54, 1.807) is 36.4 Å². The molecule has 0 heterocycles. The van der Waals surface area contributed by atoms with Crippen LogP contribution in [0.5, 0.6) is 0 Å². The summed E-state index contributed by atoms with van der Waals surface area (Å²) in [5, 5.41) is 6.40. The average molecular weight is 351 g/mol. The second kappa shape index (κ2) is 7.49. The lowest BCUT2D eigenvalue weighted by Gasteiger charge is -2.10. The van der Waals surface area contributed by atoms with Gasteiger partial charge in [0.05, 0.1) is 0 Å². The molecule has 0 aliphatic carbocycles. The zero-order chi connectivity index (χ0) is 17.0. The molecule has 120 valence electrons. The number of hydrogen-bond donors (Lipinski definition) is 2. The van der Waals surface area contributed by atoms with Crippen molar-refractivity contribution < 1.29 is 9.59 Å². The first-order valence-electron chi connectivity index (χ1n) is 6.97. The molecule has 2 amide bonds. The minimum absolute atomic E-state index is 0.294. The second-order valence-corrected chi connectivity index (χ2v) is 6.04. The third kappa shape index (κ3) is 4.98. The van der Waals surface area contributed by atoms with Gasteiger partial charge < -0.3 is 10.6 Å². The summed E-state index contributed by atoms with van der Waals surface area (Å²) in [5.41, 5.74) is 2.93. The van der Waals surface area contributed by atoms with E-state index in [2.05, 4.69) is 10.6 Å². The summed E-state index contributed by atoms with van der Waals surface area (Å²) in [6, 6.07) is 10.4. The van der Waals surface area contributed by atoms with Crippen molar-refractivity contribution >= 4 is 46.4 Å². The van der Waals surface area contributed by atoms with E-state index >= 15 is 0 Å². The van der Waals surface area contributed by atoms with Gasteiger partial charge in [0.25, 0.3) is 0 Å². The molecule has 2 aromatic carbocycles. The lowest BCUT2D eigenvalue weighted by Crippen LogP contribution is -2.21. The minimum Gasteiger partial charge on any atom is -0.326 e. The number of anilines is 2. The van der Waals surface area contributed by atoms with Crippen molar-refractivity contribution in [3.63, 3.8) is 0 Å². The van der Waals surface area contributed by atoms with Crippen LogP contribution in [0.1, 0.15) is 17.5 Å². The SMILES string of the molecule is Cc1ccc(NC(=O)CC(=O)Nc2cc(Cl)ccc2C)cc1Cl. The van der Waals surface area contributed by atoms with Crippen LogP contribution >= 0.6 is 23.2 Å². The van der Waals surface area contributed by atoms with Crippen LogP contribution in [0, 0.1) is 13.8 Å². The van der Waals surface area contributed by atoms with E-state index in [4.69, 9.17) is 23.2 Å². The van der Waals surface area contributed by atoms with E-state index < -0.39 is 11.8 Å². The van der Waals surface area contributed by atoms with Crippen LogP contribution in [0.3, 0.4) is 0 Å². The van der Waals surface area contributed by atoms with Gasteiger partial charge in [0, 0.05) is 21.4 Å². The molecule has 2 rings (SSSR count). The summed E-state index contributed by atoms with van der Waals surface area (Å²) < 4.78 is 0. The van der Waals surface area contributed by atoms with E-state index in [1.165, 1.54) is 0 Å². The number of carbonyl (C=O) groups excluding carboxylic acids is 2. The fraction of sp³-hybridized carbons (Fsp3) is 0.176. The summed E-state index contributed by atoms with van der Waals surface area (Å²) in [5.74, 6) is -0.826. The number of carbonyl (C=O) groups is 2. The molecule has 0 saturated heterocycles. The van der Waals surface area contributed by atoms with E-state index in [1.807, 2.05) is 13.8 Å². The molecular formula is C17H16Cl2N2O2. The van der Waals surface area contributed by atoms with Gasteiger partial charge in [-0.3, -0.25) is 9.59 Å². The Hall–Kier alpha value is -2.04. The smallest absolute Gasteiger partial charge is 0.233 e. The molecule has 0 spiro atoms. The maximum absolute atomic E-state index is 12.0. The highest BCUT2D eigenvalue weighted by Crippen LogP contribution is 2.21. The third-order valence-electron chi connectivity index (χ3n) is 3.25. The van der Waals surface area contributed by atoms with E-state index in [9.17, 15) is 9.59 Å². The van der Waals surface area contributed by atoms with Gasteiger partial charge in [0.1, 0.15) is 6.42 Å². The zero-order valence-electron chi connectivity index (χ0n) is 12.7. The van der Waals surface area contributed by atoms with Gasteiger partial charge in [-0.05, 0) is 49.2 Å². The lowest BCUT2D eigenvalue weighted by molar-refractivity contribution is -0.123. The highest BCUT2D eigenvalue weighted by molar-refractivity contribution is 6.31. The van der Waals surface area contributed by atoms with Crippen molar-refractivity contribution in [3.8, 4) is 0 Å². The quantitative estimate of drug-likeness (QED) is 0.793. The summed E-state index contributed by atoms with van der Waals surface area (Å²) in [6.07, 6.45) is -0.294. The third-order valence-corrected chi connectivity index (χ3v) is 3.89. The number of hydrogen-bond acceptors (Lipinski definition) is 2. The normalized spacial score (nSPS) is 10.3. The number of rotatable bonds is 4. The van der Waals surface area contributed by atoms with Gasteiger partial charge in [0.2, 0.25) is 11.8 Å². The van der Waals surface area contributed by atoms with Crippen LogP contribution < -0.4 is 10.6 Å². The van der Waals surface area contributed by atoms with Crippen molar-refractivity contribution in [2.75, 3.05) is 10.6 Å². The molecule has 6 heteroatoms. The predicted molar refractivity (Wildman–Crippen MR) is 94.3 cm³/mol. The molecule has 0 radical (unpaired) electrons. The van der Waals surface area contributed by atoms with Gasteiger partial charge >= 0.3 is 0 Å². The molecule has 0 aromatic heterocycles. The van der Waals surface area contributed by atoms with Gasteiger partial charge in [0.15, 0.2) is 0 Å². The zero-order valence-corrected chi connectivity index (χ0v) is 14.3. The predicted octanol–water partition coefficient (Wildman–Crippen LogP) is 4.58. The monoisotopic (exact) mass is 350 g/mol. The minimum atomic E-state index is -0.415. The van der Waals surface area contributed by atoms with Crippen LogP contribution in [0.15, 0.2) is 36.4 Å². The van der Waals surface area contributed by atoms with Crippen molar-refractivity contribution in [3.05, 3.63) is 57.6 Å². The molecule has 0 bridgehead atoms. The Morgan fingerprint density at radius 2 is 1.57 bits per heavy atom. The first kappa shape index (κ1) is 17.3. The maximum atomic E-state index is 12.0. The first-order chi connectivity index (χ1) is 10.8. The number of aryl methyl sites for hydroxylation is 2.